The van der Waals surface area contributed by atoms with E-state index < -0.39 is 0 Å². The molecule has 1 N–H and O–H groups in total. The molecule has 24 heavy (non-hydrogen) atoms. The molecule has 5 heteroatoms. The molecule has 2 amide bonds. The van der Waals surface area contributed by atoms with Crippen LogP contribution < -0.4 is 5.32 Å². The average Bonchev–Trinajstić information content (AvgIpc) is 3.21. The maximum Gasteiger partial charge on any atom is 0.322 e. The predicted octanol–water partition coefficient (Wildman–Crippen LogP) is 4.48. The van der Waals surface area contributed by atoms with E-state index in [1.165, 1.54) is 5.56 Å². The van der Waals surface area contributed by atoms with Crippen LogP contribution in [0.5, 0.6) is 0 Å². The lowest BCUT2D eigenvalue weighted by Crippen LogP contribution is -2.34. The SMILES string of the molecule is CCc1ccc(NC(=O)N2CCC[C@H]2c2c(C)noc2CC)cc1. The topological polar surface area (TPSA) is 58.4 Å². The molecule has 1 aliphatic rings. The van der Waals surface area contributed by atoms with Gasteiger partial charge in [0.15, 0.2) is 0 Å². The molecule has 1 fully saturated rings. The number of carbonyl (C=O) groups is 1. The number of urea groups is 1. The van der Waals surface area contributed by atoms with Gasteiger partial charge in [-0.2, -0.15) is 0 Å². The van der Waals surface area contributed by atoms with Crippen LogP contribution in [-0.2, 0) is 12.8 Å². The minimum atomic E-state index is -0.0515. The Balaban J connectivity index is 1.77. The van der Waals surface area contributed by atoms with E-state index in [0.717, 1.165) is 54.9 Å². The van der Waals surface area contributed by atoms with E-state index in [2.05, 4.69) is 36.5 Å². The smallest absolute Gasteiger partial charge is 0.322 e. The van der Waals surface area contributed by atoms with Crippen LogP contribution in [-0.4, -0.2) is 22.6 Å². The van der Waals surface area contributed by atoms with E-state index in [9.17, 15) is 4.79 Å². The molecule has 1 atom stereocenters. The van der Waals surface area contributed by atoms with Crippen LogP contribution in [0.3, 0.4) is 0 Å². The Morgan fingerprint density at radius 2 is 2.04 bits per heavy atom. The molecule has 0 radical (unpaired) electrons. The van der Waals surface area contributed by atoms with E-state index in [1.807, 2.05) is 24.0 Å². The summed E-state index contributed by atoms with van der Waals surface area (Å²) in [6.07, 6.45) is 3.74. The van der Waals surface area contributed by atoms with Crippen LogP contribution in [0.2, 0.25) is 0 Å². The Hall–Kier alpha value is -2.30. The Morgan fingerprint density at radius 3 is 2.71 bits per heavy atom. The lowest BCUT2D eigenvalue weighted by Gasteiger charge is -2.25. The number of likely N-dealkylation sites (tertiary alicyclic amines) is 1. The predicted molar refractivity (Wildman–Crippen MR) is 94.1 cm³/mol. The quantitative estimate of drug-likeness (QED) is 0.901. The summed E-state index contributed by atoms with van der Waals surface area (Å²) >= 11 is 0. The Kier molecular flexibility index (Phi) is 4.88. The molecule has 0 unspecified atom stereocenters. The summed E-state index contributed by atoms with van der Waals surface area (Å²) in [5, 5.41) is 7.12. The van der Waals surface area contributed by atoms with Crippen molar-refractivity contribution in [2.24, 2.45) is 0 Å². The number of nitrogens with one attached hydrogen (secondary N) is 1. The summed E-state index contributed by atoms with van der Waals surface area (Å²) in [6, 6.07) is 8.03. The fraction of sp³-hybridized carbons (Fsp3) is 0.474. The molecule has 2 heterocycles. The van der Waals surface area contributed by atoms with Gasteiger partial charge in [-0.05, 0) is 43.9 Å². The number of aromatic nitrogens is 1. The Morgan fingerprint density at radius 1 is 1.29 bits per heavy atom. The summed E-state index contributed by atoms with van der Waals surface area (Å²) in [7, 11) is 0. The molecule has 2 aromatic rings. The summed E-state index contributed by atoms with van der Waals surface area (Å²) < 4.78 is 5.42. The van der Waals surface area contributed by atoms with Gasteiger partial charge in [0.25, 0.3) is 0 Å². The minimum Gasteiger partial charge on any atom is -0.361 e. The second kappa shape index (κ2) is 7.07. The first-order chi connectivity index (χ1) is 11.6. The van der Waals surface area contributed by atoms with Crippen LogP contribution in [0.15, 0.2) is 28.8 Å². The van der Waals surface area contributed by atoms with Crippen LogP contribution in [0, 0.1) is 6.92 Å². The third-order valence-electron chi connectivity index (χ3n) is 4.76. The van der Waals surface area contributed by atoms with Gasteiger partial charge in [0.1, 0.15) is 5.76 Å². The first-order valence-electron chi connectivity index (χ1n) is 8.75. The average molecular weight is 327 g/mol. The van der Waals surface area contributed by atoms with Gasteiger partial charge in [0.2, 0.25) is 0 Å². The molecular formula is C19H25N3O2. The van der Waals surface area contributed by atoms with Crippen molar-refractivity contribution in [3.8, 4) is 0 Å². The summed E-state index contributed by atoms with van der Waals surface area (Å²) in [6.45, 7) is 6.89. The highest BCUT2D eigenvalue weighted by Gasteiger charge is 2.34. The first-order valence-corrected chi connectivity index (χ1v) is 8.75. The number of amides is 2. The van der Waals surface area contributed by atoms with Gasteiger partial charge in [-0.3, -0.25) is 0 Å². The van der Waals surface area contributed by atoms with Gasteiger partial charge in [-0.1, -0.05) is 31.1 Å². The van der Waals surface area contributed by atoms with Crippen LogP contribution >= 0.6 is 0 Å². The largest absolute Gasteiger partial charge is 0.361 e. The monoisotopic (exact) mass is 327 g/mol. The standard InChI is InChI=1S/C19H25N3O2/c1-4-14-8-10-15(11-9-14)20-19(23)22-12-6-7-16(22)18-13(3)21-24-17(18)5-2/h8-11,16H,4-7,12H2,1-3H3,(H,20,23)/t16-/m0/s1. The molecule has 1 aliphatic heterocycles. The zero-order valence-corrected chi connectivity index (χ0v) is 14.6. The summed E-state index contributed by atoms with van der Waals surface area (Å²) in [4.78, 5) is 14.7. The summed E-state index contributed by atoms with van der Waals surface area (Å²) in [5.74, 6) is 0.893. The number of aryl methyl sites for hydroxylation is 3. The maximum absolute atomic E-state index is 12.7. The van der Waals surface area contributed by atoms with E-state index in [1.54, 1.807) is 0 Å². The van der Waals surface area contributed by atoms with E-state index in [-0.39, 0.29) is 12.1 Å². The lowest BCUT2D eigenvalue weighted by molar-refractivity contribution is 0.206. The normalized spacial score (nSPS) is 17.3. The highest BCUT2D eigenvalue weighted by Crippen LogP contribution is 2.36. The second-order valence-corrected chi connectivity index (χ2v) is 6.29. The zero-order chi connectivity index (χ0) is 17.1. The van der Waals surface area contributed by atoms with Gasteiger partial charge < -0.3 is 14.7 Å². The molecule has 1 saturated heterocycles. The molecule has 0 bridgehead atoms. The molecule has 5 nitrogen and oxygen atoms in total. The molecular weight excluding hydrogens is 302 g/mol. The van der Waals surface area contributed by atoms with Crippen molar-refractivity contribution in [2.45, 2.75) is 52.5 Å². The number of benzene rings is 1. The molecule has 3 rings (SSSR count). The van der Waals surface area contributed by atoms with Crippen LogP contribution in [0.4, 0.5) is 10.5 Å². The fourth-order valence-electron chi connectivity index (χ4n) is 3.43. The Bertz CT molecular complexity index is 706. The maximum atomic E-state index is 12.7. The van der Waals surface area contributed by atoms with E-state index in [4.69, 9.17) is 4.52 Å². The minimum absolute atomic E-state index is 0.0515. The third kappa shape index (κ3) is 3.16. The zero-order valence-electron chi connectivity index (χ0n) is 14.6. The number of rotatable bonds is 4. The van der Waals surface area contributed by atoms with Crippen molar-refractivity contribution in [3.05, 3.63) is 46.8 Å². The van der Waals surface area contributed by atoms with E-state index >= 15 is 0 Å². The highest BCUT2D eigenvalue weighted by atomic mass is 16.5. The van der Waals surface area contributed by atoms with Crippen molar-refractivity contribution < 1.29 is 9.32 Å². The molecule has 128 valence electrons. The molecule has 1 aromatic heterocycles. The van der Waals surface area contributed by atoms with Crippen molar-refractivity contribution >= 4 is 11.7 Å². The molecule has 0 spiro atoms. The van der Waals surface area contributed by atoms with Gasteiger partial charge in [-0.25, -0.2) is 4.79 Å². The third-order valence-corrected chi connectivity index (χ3v) is 4.76. The number of hydrogen-bond donors (Lipinski definition) is 1. The van der Waals surface area contributed by atoms with Crippen molar-refractivity contribution in [1.82, 2.24) is 10.1 Å². The highest BCUT2D eigenvalue weighted by molar-refractivity contribution is 5.89. The van der Waals surface area contributed by atoms with Gasteiger partial charge >= 0.3 is 6.03 Å². The van der Waals surface area contributed by atoms with Crippen LogP contribution in [0.1, 0.15) is 55.3 Å². The van der Waals surface area contributed by atoms with E-state index in [0.29, 0.717) is 0 Å². The second-order valence-electron chi connectivity index (χ2n) is 6.29. The van der Waals surface area contributed by atoms with Gasteiger partial charge in [-0.15, -0.1) is 0 Å². The summed E-state index contributed by atoms with van der Waals surface area (Å²) in [5.41, 5.74) is 4.08. The molecule has 0 aliphatic carbocycles. The first kappa shape index (κ1) is 16.6. The van der Waals surface area contributed by atoms with Crippen molar-refractivity contribution in [3.63, 3.8) is 0 Å². The van der Waals surface area contributed by atoms with Crippen molar-refractivity contribution in [1.29, 1.82) is 0 Å². The van der Waals surface area contributed by atoms with Crippen molar-refractivity contribution in [2.75, 3.05) is 11.9 Å². The van der Waals surface area contributed by atoms with Gasteiger partial charge in [0.05, 0.1) is 11.7 Å². The van der Waals surface area contributed by atoms with Gasteiger partial charge in [0, 0.05) is 24.2 Å². The number of anilines is 1. The number of hydrogen-bond acceptors (Lipinski definition) is 3. The molecule has 0 saturated carbocycles. The lowest BCUT2D eigenvalue weighted by atomic mass is 10.0. The fourth-order valence-corrected chi connectivity index (χ4v) is 3.43. The molecule has 1 aromatic carbocycles. The Labute approximate surface area is 143 Å². The number of carbonyl (C=O) groups excluding carboxylic acids is 1. The number of nitrogens with zero attached hydrogens (tertiary/aromatic N) is 2. The van der Waals surface area contributed by atoms with Crippen LogP contribution in [0.25, 0.3) is 0 Å².